The molecule has 0 unspecified atom stereocenters. The Morgan fingerprint density at radius 1 is 1.31 bits per heavy atom. The van der Waals surface area contributed by atoms with Gasteiger partial charge in [0.05, 0.1) is 0 Å². The van der Waals surface area contributed by atoms with E-state index in [9.17, 15) is 0 Å². The van der Waals surface area contributed by atoms with Gasteiger partial charge in [0.2, 0.25) is 0 Å². The smallest absolute Gasteiger partial charge is 0.153 e. The van der Waals surface area contributed by atoms with Crippen LogP contribution < -0.4 is 0 Å². The second-order valence-electron chi connectivity index (χ2n) is 3.79. The molecule has 0 aliphatic rings. The van der Waals surface area contributed by atoms with Gasteiger partial charge in [0.15, 0.2) is 5.58 Å². The highest BCUT2D eigenvalue weighted by molar-refractivity contribution is 8.32. The summed E-state index contributed by atoms with van der Waals surface area (Å²) >= 11 is 0. The van der Waals surface area contributed by atoms with Gasteiger partial charge < -0.3 is 4.42 Å². The van der Waals surface area contributed by atoms with Crippen molar-refractivity contribution in [3.8, 4) is 0 Å². The first-order valence-corrected chi connectivity index (χ1v) is 6.96. The number of nitrogens with zero attached hydrogens (tertiary/aromatic N) is 1. The third kappa shape index (κ3) is 1.56. The van der Waals surface area contributed by atoms with E-state index in [4.69, 9.17) is 4.42 Å². The molecule has 13 heavy (non-hydrogen) atoms. The lowest BCUT2D eigenvalue weighted by Gasteiger charge is -2.20. The van der Waals surface area contributed by atoms with Crippen molar-refractivity contribution in [3.05, 3.63) is 24.4 Å². The Morgan fingerprint density at radius 2 is 2.08 bits per heavy atom. The maximum absolute atomic E-state index is 5.71. The molecule has 0 saturated carbocycles. The molecule has 0 aliphatic carbocycles. The summed E-state index contributed by atoms with van der Waals surface area (Å²) in [6, 6.07) is 5.90. The minimum absolute atomic E-state index is 0.771. The number of rotatable bonds is 1. The summed E-state index contributed by atoms with van der Waals surface area (Å²) < 4.78 is 5.71. The number of furan rings is 1. The van der Waals surface area contributed by atoms with Crippen molar-refractivity contribution in [2.24, 2.45) is 0 Å². The van der Waals surface area contributed by atoms with Crippen LogP contribution in [0.4, 0.5) is 0 Å². The SMILES string of the molecule is CS(C)(C)c1cc2ncccc2o1. The summed E-state index contributed by atoms with van der Waals surface area (Å²) in [5.41, 5.74) is 1.85. The molecule has 3 heteroatoms. The highest BCUT2D eigenvalue weighted by atomic mass is 32.3. The van der Waals surface area contributed by atoms with Gasteiger partial charge in [0, 0.05) is 12.3 Å². The molecule has 2 aromatic rings. The molecule has 2 nitrogen and oxygen atoms in total. The lowest BCUT2D eigenvalue weighted by molar-refractivity contribution is 0.512. The van der Waals surface area contributed by atoms with E-state index in [-0.39, 0.29) is 0 Å². The molecule has 0 aromatic carbocycles. The maximum atomic E-state index is 5.71. The third-order valence-electron chi connectivity index (χ3n) is 1.87. The summed E-state index contributed by atoms with van der Waals surface area (Å²) in [6.45, 7) is 0. The van der Waals surface area contributed by atoms with Gasteiger partial charge in [-0.3, -0.25) is 4.98 Å². The van der Waals surface area contributed by atoms with Crippen molar-refractivity contribution in [1.82, 2.24) is 4.98 Å². The van der Waals surface area contributed by atoms with Crippen molar-refractivity contribution in [2.45, 2.75) is 5.09 Å². The van der Waals surface area contributed by atoms with Gasteiger partial charge >= 0.3 is 0 Å². The molecule has 0 saturated heterocycles. The topological polar surface area (TPSA) is 26.0 Å². The van der Waals surface area contributed by atoms with Gasteiger partial charge in [-0.2, -0.15) is 10.0 Å². The van der Waals surface area contributed by atoms with Gasteiger partial charge in [-0.05, 0) is 30.9 Å². The molecule has 70 valence electrons. The van der Waals surface area contributed by atoms with Gasteiger partial charge in [0.25, 0.3) is 0 Å². The third-order valence-corrected chi connectivity index (χ3v) is 3.28. The molecular formula is C10H13NOS. The quantitative estimate of drug-likeness (QED) is 0.699. The van der Waals surface area contributed by atoms with Gasteiger partial charge in [0.1, 0.15) is 10.6 Å². The van der Waals surface area contributed by atoms with Crippen LogP contribution in [0.25, 0.3) is 11.1 Å². The molecule has 2 heterocycles. The van der Waals surface area contributed by atoms with Crippen molar-refractivity contribution in [1.29, 1.82) is 0 Å². The van der Waals surface area contributed by atoms with Crippen LogP contribution in [0.15, 0.2) is 33.9 Å². The van der Waals surface area contributed by atoms with Crippen LogP contribution in [0.2, 0.25) is 0 Å². The second-order valence-corrected chi connectivity index (χ2v) is 7.87. The average molecular weight is 195 g/mol. The van der Waals surface area contributed by atoms with Gasteiger partial charge in [-0.25, -0.2) is 0 Å². The number of hydrogen-bond acceptors (Lipinski definition) is 2. The highest BCUT2D eigenvalue weighted by Gasteiger charge is 2.13. The minimum Gasteiger partial charge on any atom is -0.450 e. The molecule has 0 N–H and O–H groups in total. The average Bonchev–Trinajstić information content (AvgIpc) is 2.45. The first-order chi connectivity index (χ1) is 6.07. The summed E-state index contributed by atoms with van der Waals surface area (Å²) in [5, 5.41) is 1.07. The number of fused-ring (bicyclic) bond motifs is 1. The predicted octanol–water partition coefficient (Wildman–Crippen LogP) is 2.88. The normalized spacial score (nSPS) is 13.5. The number of hydrogen-bond donors (Lipinski definition) is 0. The molecule has 2 rings (SSSR count). The molecule has 0 radical (unpaired) electrons. The summed E-state index contributed by atoms with van der Waals surface area (Å²) in [5.74, 6) is 0. The zero-order chi connectivity index (χ0) is 9.47. The van der Waals surface area contributed by atoms with Gasteiger partial charge in [-0.1, -0.05) is 0 Å². The maximum Gasteiger partial charge on any atom is 0.153 e. The first-order valence-electron chi connectivity index (χ1n) is 4.10. The Morgan fingerprint density at radius 3 is 2.69 bits per heavy atom. The minimum atomic E-state index is -0.771. The lowest BCUT2D eigenvalue weighted by atomic mass is 10.4. The Kier molecular flexibility index (Phi) is 1.84. The van der Waals surface area contributed by atoms with E-state index in [1.54, 1.807) is 6.20 Å². The van der Waals surface area contributed by atoms with Crippen molar-refractivity contribution in [2.75, 3.05) is 18.8 Å². The standard InChI is InChI=1S/C10H13NOS/c1-13(2,3)10-7-8-9(12-10)5-4-6-11-8/h4-7H,1-3H3. The van der Waals surface area contributed by atoms with Crippen molar-refractivity contribution >= 4 is 21.1 Å². The van der Waals surface area contributed by atoms with E-state index in [0.717, 1.165) is 16.2 Å². The first kappa shape index (κ1) is 8.63. The van der Waals surface area contributed by atoms with Crippen LogP contribution >= 0.6 is 10.0 Å². The fourth-order valence-electron chi connectivity index (χ4n) is 1.15. The largest absolute Gasteiger partial charge is 0.450 e. The molecule has 0 atom stereocenters. The molecule has 0 aliphatic heterocycles. The zero-order valence-corrected chi connectivity index (χ0v) is 8.89. The Hall–Kier alpha value is -0.960. The predicted molar refractivity (Wildman–Crippen MR) is 57.6 cm³/mol. The highest BCUT2D eigenvalue weighted by Crippen LogP contribution is 2.46. The Labute approximate surface area is 79.3 Å². The van der Waals surface area contributed by atoms with Crippen LogP contribution in [-0.4, -0.2) is 23.8 Å². The van der Waals surface area contributed by atoms with Crippen molar-refractivity contribution in [3.63, 3.8) is 0 Å². The molecule has 0 bridgehead atoms. The van der Waals surface area contributed by atoms with E-state index < -0.39 is 10.0 Å². The molecular weight excluding hydrogens is 182 g/mol. The van der Waals surface area contributed by atoms with Crippen LogP contribution in [-0.2, 0) is 0 Å². The van der Waals surface area contributed by atoms with Crippen molar-refractivity contribution < 1.29 is 4.42 Å². The van der Waals surface area contributed by atoms with E-state index >= 15 is 0 Å². The summed E-state index contributed by atoms with van der Waals surface area (Å²) in [6.07, 6.45) is 8.43. The van der Waals surface area contributed by atoms with E-state index in [0.29, 0.717) is 0 Å². The van der Waals surface area contributed by atoms with Crippen LogP contribution in [0.1, 0.15) is 0 Å². The second kappa shape index (κ2) is 2.77. The van der Waals surface area contributed by atoms with E-state index in [1.165, 1.54) is 0 Å². The zero-order valence-electron chi connectivity index (χ0n) is 8.07. The molecule has 0 spiro atoms. The molecule has 0 fully saturated rings. The number of aromatic nitrogens is 1. The fourth-order valence-corrected chi connectivity index (χ4v) is 1.95. The molecule has 2 aromatic heterocycles. The van der Waals surface area contributed by atoms with Crippen LogP contribution in [0.5, 0.6) is 0 Å². The van der Waals surface area contributed by atoms with E-state index in [2.05, 4.69) is 23.8 Å². The number of pyridine rings is 1. The van der Waals surface area contributed by atoms with Gasteiger partial charge in [-0.15, -0.1) is 0 Å². The lowest BCUT2D eigenvalue weighted by Crippen LogP contribution is -1.89. The monoisotopic (exact) mass is 195 g/mol. The summed E-state index contributed by atoms with van der Waals surface area (Å²) in [4.78, 5) is 4.23. The van der Waals surface area contributed by atoms with E-state index in [1.807, 2.05) is 18.2 Å². The summed E-state index contributed by atoms with van der Waals surface area (Å²) in [7, 11) is -0.771. The van der Waals surface area contributed by atoms with Crippen LogP contribution in [0, 0.1) is 0 Å². The van der Waals surface area contributed by atoms with Crippen LogP contribution in [0.3, 0.4) is 0 Å². The Balaban J connectivity index is 2.63. The Bertz CT molecular complexity index is 395. The molecule has 0 amide bonds. The fraction of sp³-hybridized carbons (Fsp3) is 0.300.